The van der Waals surface area contributed by atoms with Crippen LogP contribution in [0, 0.1) is 12.7 Å². The van der Waals surface area contributed by atoms with Crippen LogP contribution in [-0.2, 0) is 21.2 Å². The highest BCUT2D eigenvalue weighted by Gasteiger charge is 2.27. The molecule has 0 radical (unpaired) electrons. The first-order chi connectivity index (χ1) is 13.8. The molecular weight excluding hydrogens is 413 g/mol. The van der Waals surface area contributed by atoms with Crippen molar-refractivity contribution in [3.05, 3.63) is 94.8 Å². The van der Waals surface area contributed by atoms with Gasteiger partial charge in [-0.25, -0.2) is 12.8 Å². The number of para-hydroxylation sites is 1. The van der Waals surface area contributed by atoms with Gasteiger partial charge in [0.05, 0.1) is 22.2 Å². The molecule has 0 saturated carbocycles. The summed E-state index contributed by atoms with van der Waals surface area (Å²) in [4.78, 5) is 12.8. The summed E-state index contributed by atoms with van der Waals surface area (Å²) < 4.78 is 40.9. The minimum absolute atomic E-state index is 0.0627. The number of carbonyl (C=O) groups is 1. The molecule has 0 saturated heterocycles. The smallest absolute Gasteiger partial charge is 0.264 e. The summed E-state index contributed by atoms with van der Waals surface area (Å²) >= 11 is 5.77. The van der Waals surface area contributed by atoms with Gasteiger partial charge in [-0.15, -0.1) is 0 Å². The zero-order valence-electron chi connectivity index (χ0n) is 15.7. The minimum Gasteiger partial charge on any atom is -0.297 e. The number of halogens is 2. The Kier molecular flexibility index (Phi) is 6.35. The molecule has 0 fully saturated rings. The van der Waals surface area contributed by atoms with Gasteiger partial charge in [-0.3, -0.25) is 9.10 Å². The fraction of sp³-hybridized carbons (Fsp3) is 0.136. The Morgan fingerprint density at radius 1 is 1.00 bits per heavy atom. The van der Waals surface area contributed by atoms with Crippen LogP contribution in [0.25, 0.3) is 0 Å². The Morgan fingerprint density at radius 3 is 2.28 bits per heavy atom. The lowest BCUT2D eigenvalue weighted by Crippen LogP contribution is -2.36. The normalized spacial score (nSPS) is 11.3. The SMILES string of the molecule is Cc1ccc(S(=O)(=O)N(CC(=O)Cc2ccc(F)c(Cl)c2)c2ccccc2)cc1. The predicted molar refractivity (Wildman–Crippen MR) is 112 cm³/mol. The van der Waals surface area contributed by atoms with Crippen molar-refractivity contribution in [1.29, 1.82) is 0 Å². The van der Waals surface area contributed by atoms with Crippen LogP contribution in [0.3, 0.4) is 0 Å². The van der Waals surface area contributed by atoms with Gasteiger partial charge in [0.1, 0.15) is 5.82 Å². The summed E-state index contributed by atoms with van der Waals surface area (Å²) in [6, 6.07) is 18.9. The summed E-state index contributed by atoms with van der Waals surface area (Å²) in [5.41, 5.74) is 1.83. The monoisotopic (exact) mass is 431 g/mol. The van der Waals surface area contributed by atoms with E-state index in [1.165, 1.54) is 30.3 Å². The third-order valence-electron chi connectivity index (χ3n) is 4.36. The number of carbonyl (C=O) groups excluding carboxylic acids is 1. The van der Waals surface area contributed by atoms with Crippen molar-refractivity contribution in [3.8, 4) is 0 Å². The molecule has 0 bridgehead atoms. The number of rotatable bonds is 7. The van der Waals surface area contributed by atoms with Crippen LogP contribution in [0.1, 0.15) is 11.1 Å². The number of anilines is 1. The van der Waals surface area contributed by atoms with Crippen LogP contribution in [0.15, 0.2) is 77.7 Å². The van der Waals surface area contributed by atoms with Crippen LogP contribution >= 0.6 is 11.6 Å². The van der Waals surface area contributed by atoms with Crippen LogP contribution in [-0.4, -0.2) is 20.7 Å². The van der Waals surface area contributed by atoms with Crippen LogP contribution in [0.5, 0.6) is 0 Å². The quantitative estimate of drug-likeness (QED) is 0.540. The van der Waals surface area contributed by atoms with Crippen molar-refractivity contribution >= 4 is 33.1 Å². The maximum absolute atomic E-state index is 13.3. The zero-order chi connectivity index (χ0) is 21.0. The molecule has 0 aromatic heterocycles. The molecule has 3 aromatic carbocycles. The molecule has 0 aliphatic heterocycles. The van der Waals surface area contributed by atoms with E-state index in [0.717, 1.165) is 9.87 Å². The van der Waals surface area contributed by atoms with E-state index in [1.54, 1.807) is 42.5 Å². The maximum atomic E-state index is 13.3. The molecule has 150 valence electrons. The summed E-state index contributed by atoms with van der Waals surface area (Å²) in [6.07, 6.45) is -0.0627. The summed E-state index contributed by atoms with van der Waals surface area (Å²) in [6.45, 7) is 1.51. The molecule has 0 heterocycles. The molecule has 0 aliphatic rings. The molecule has 0 spiro atoms. The number of hydrogen-bond acceptors (Lipinski definition) is 3. The molecule has 0 atom stereocenters. The lowest BCUT2D eigenvalue weighted by Gasteiger charge is -2.24. The first-order valence-electron chi connectivity index (χ1n) is 8.87. The summed E-state index contributed by atoms with van der Waals surface area (Å²) in [7, 11) is -3.95. The molecule has 29 heavy (non-hydrogen) atoms. The molecule has 7 heteroatoms. The van der Waals surface area contributed by atoms with E-state index < -0.39 is 15.8 Å². The van der Waals surface area contributed by atoms with E-state index in [1.807, 2.05) is 6.92 Å². The lowest BCUT2D eigenvalue weighted by atomic mass is 10.1. The highest BCUT2D eigenvalue weighted by molar-refractivity contribution is 7.92. The van der Waals surface area contributed by atoms with Crippen LogP contribution in [0.4, 0.5) is 10.1 Å². The molecule has 4 nitrogen and oxygen atoms in total. The van der Waals surface area contributed by atoms with Gasteiger partial charge in [-0.1, -0.05) is 53.6 Å². The van der Waals surface area contributed by atoms with Crippen LogP contribution < -0.4 is 4.31 Å². The molecule has 3 rings (SSSR count). The van der Waals surface area contributed by atoms with Gasteiger partial charge in [0.15, 0.2) is 5.78 Å². The average Bonchev–Trinajstić information content (AvgIpc) is 2.70. The van der Waals surface area contributed by atoms with Gasteiger partial charge in [-0.05, 0) is 48.9 Å². The van der Waals surface area contributed by atoms with E-state index in [4.69, 9.17) is 11.6 Å². The van der Waals surface area contributed by atoms with Crippen molar-refractivity contribution in [1.82, 2.24) is 0 Å². The van der Waals surface area contributed by atoms with Crippen molar-refractivity contribution in [2.24, 2.45) is 0 Å². The number of aryl methyl sites for hydroxylation is 1. The van der Waals surface area contributed by atoms with Gasteiger partial charge >= 0.3 is 0 Å². The molecule has 0 N–H and O–H groups in total. The first kappa shape index (κ1) is 21.0. The van der Waals surface area contributed by atoms with Crippen molar-refractivity contribution < 1.29 is 17.6 Å². The number of Topliss-reactive ketones (excluding diaryl/α,β-unsaturated/α-hetero) is 1. The van der Waals surface area contributed by atoms with E-state index in [0.29, 0.717) is 11.3 Å². The largest absolute Gasteiger partial charge is 0.297 e. The van der Waals surface area contributed by atoms with Gasteiger partial charge < -0.3 is 0 Å². The lowest BCUT2D eigenvalue weighted by molar-refractivity contribution is -0.117. The fourth-order valence-corrected chi connectivity index (χ4v) is 4.49. The fourth-order valence-electron chi connectivity index (χ4n) is 2.84. The Labute approximate surface area is 174 Å². The van der Waals surface area contributed by atoms with E-state index in [2.05, 4.69) is 0 Å². The van der Waals surface area contributed by atoms with E-state index >= 15 is 0 Å². The standard InChI is InChI=1S/C22H19ClFNO3S/c1-16-7-10-20(11-8-16)29(27,28)25(18-5-3-2-4-6-18)15-19(26)13-17-9-12-22(24)21(23)14-17/h2-12,14H,13,15H2,1H3. The highest BCUT2D eigenvalue weighted by Crippen LogP contribution is 2.24. The Bertz CT molecular complexity index is 1120. The van der Waals surface area contributed by atoms with E-state index in [9.17, 15) is 17.6 Å². The second-order valence-electron chi connectivity index (χ2n) is 6.62. The van der Waals surface area contributed by atoms with Crippen molar-refractivity contribution in [3.63, 3.8) is 0 Å². The Balaban J connectivity index is 1.91. The number of benzene rings is 3. The molecular formula is C22H19ClFNO3S. The van der Waals surface area contributed by atoms with Crippen molar-refractivity contribution in [2.75, 3.05) is 10.8 Å². The third-order valence-corrected chi connectivity index (χ3v) is 6.44. The number of nitrogens with zero attached hydrogens (tertiary/aromatic N) is 1. The molecule has 0 aliphatic carbocycles. The third kappa shape index (κ3) is 5.02. The average molecular weight is 432 g/mol. The minimum atomic E-state index is -3.95. The van der Waals surface area contributed by atoms with Crippen LogP contribution in [0.2, 0.25) is 5.02 Å². The maximum Gasteiger partial charge on any atom is 0.264 e. The topological polar surface area (TPSA) is 54.5 Å². The van der Waals surface area contributed by atoms with Gasteiger partial charge in [0, 0.05) is 6.42 Å². The summed E-state index contributed by atoms with van der Waals surface area (Å²) in [5, 5.41) is -0.0810. The van der Waals surface area contributed by atoms with Gasteiger partial charge in [-0.2, -0.15) is 0 Å². The van der Waals surface area contributed by atoms with Crippen molar-refractivity contribution in [2.45, 2.75) is 18.2 Å². The number of sulfonamides is 1. The number of hydrogen-bond donors (Lipinski definition) is 0. The highest BCUT2D eigenvalue weighted by atomic mass is 35.5. The van der Waals surface area contributed by atoms with E-state index in [-0.39, 0.29) is 28.7 Å². The molecule has 0 amide bonds. The second kappa shape index (κ2) is 8.76. The molecule has 0 unspecified atom stereocenters. The zero-order valence-corrected chi connectivity index (χ0v) is 17.3. The second-order valence-corrected chi connectivity index (χ2v) is 8.89. The van der Waals surface area contributed by atoms with Gasteiger partial charge in [0.25, 0.3) is 10.0 Å². The Hall–Kier alpha value is -2.70. The predicted octanol–water partition coefficient (Wildman–Crippen LogP) is 4.79. The summed E-state index contributed by atoms with van der Waals surface area (Å²) in [5.74, 6) is -0.914. The first-order valence-corrected chi connectivity index (χ1v) is 10.7. The number of ketones is 1. The molecule has 3 aromatic rings. The Morgan fingerprint density at radius 2 is 1.66 bits per heavy atom. The van der Waals surface area contributed by atoms with Gasteiger partial charge in [0.2, 0.25) is 0 Å².